The van der Waals surface area contributed by atoms with Gasteiger partial charge in [0.25, 0.3) is 0 Å². The molecule has 5 rings (SSSR count). The molecule has 0 saturated heterocycles. The highest BCUT2D eigenvalue weighted by Gasteiger charge is 2.17. The van der Waals surface area contributed by atoms with Crippen LogP contribution in [0.25, 0.3) is 0 Å². The van der Waals surface area contributed by atoms with Crippen molar-refractivity contribution in [3.05, 3.63) is 156 Å². The van der Waals surface area contributed by atoms with Crippen LogP contribution < -0.4 is 18.9 Å². The molecular formula is C34H22O8. The number of carbonyl (C=O) groups excluding carboxylic acids is 4. The fraction of sp³-hybridized carbons (Fsp3) is 0. The third-order valence-electron chi connectivity index (χ3n) is 5.87. The van der Waals surface area contributed by atoms with E-state index in [1.54, 1.807) is 72.8 Å². The Morgan fingerprint density at radius 3 is 0.952 bits per heavy atom. The van der Waals surface area contributed by atoms with Crippen molar-refractivity contribution in [2.45, 2.75) is 0 Å². The molecule has 206 valence electrons. The molecule has 0 amide bonds. The van der Waals surface area contributed by atoms with E-state index in [4.69, 9.17) is 18.9 Å². The SMILES string of the molecule is O=C(Oc1ccc(C(=O)Oc2ccccc2OC(=O)c2ccc(OC(=O)c3ccccc3)cc2)cc1)c1ccccc1. The lowest BCUT2D eigenvalue weighted by molar-refractivity contribution is 0.0681. The maximum Gasteiger partial charge on any atom is 0.343 e. The smallest absolute Gasteiger partial charge is 0.343 e. The van der Waals surface area contributed by atoms with Gasteiger partial charge in [0, 0.05) is 0 Å². The summed E-state index contributed by atoms with van der Waals surface area (Å²) in [4.78, 5) is 50.1. The van der Waals surface area contributed by atoms with Gasteiger partial charge in [-0.3, -0.25) is 0 Å². The molecule has 5 aromatic carbocycles. The zero-order chi connectivity index (χ0) is 29.3. The Balaban J connectivity index is 1.20. The van der Waals surface area contributed by atoms with E-state index < -0.39 is 23.9 Å². The van der Waals surface area contributed by atoms with Crippen molar-refractivity contribution in [3.63, 3.8) is 0 Å². The first-order valence-electron chi connectivity index (χ1n) is 12.7. The normalized spacial score (nSPS) is 10.3. The number of carbonyl (C=O) groups is 4. The molecule has 8 heteroatoms. The first-order valence-corrected chi connectivity index (χ1v) is 12.7. The average Bonchev–Trinajstić information content (AvgIpc) is 3.03. The molecule has 0 heterocycles. The van der Waals surface area contributed by atoms with Gasteiger partial charge in [-0.25, -0.2) is 19.2 Å². The molecule has 0 aliphatic heterocycles. The van der Waals surface area contributed by atoms with Gasteiger partial charge in [0.05, 0.1) is 22.3 Å². The van der Waals surface area contributed by atoms with E-state index in [2.05, 4.69) is 0 Å². The van der Waals surface area contributed by atoms with Crippen molar-refractivity contribution in [2.24, 2.45) is 0 Å². The minimum atomic E-state index is -0.705. The number of hydrogen-bond acceptors (Lipinski definition) is 8. The molecule has 8 nitrogen and oxygen atoms in total. The maximum absolute atomic E-state index is 12.8. The Labute approximate surface area is 240 Å². The number of esters is 4. The van der Waals surface area contributed by atoms with Crippen LogP contribution in [0.4, 0.5) is 0 Å². The molecule has 42 heavy (non-hydrogen) atoms. The highest BCUT2D eigenvalue weighted by Crippen LogP contribution is 2.29. The van der Waals surface area contributed by atoms with Gasteiger partial charge in [-0.2, -0.15) is 0 Å². The first kappa shape index (κ1) is 27.5. The molecule has 0 aliphatic carbocycles. The van der Waals surface area contributed by atoms with Crippen molar-refractivity contribution < 1.29 is 38.1 Å². The van der Waals surface area contributed by atoms with Crippen molar-refractivity contribution >= 4 is 23.9 Å². The van der Waals surface area contributed by atoms with E-state index in [0.717, 1.165) is 0 Å². The van der Waals surface area contributed by atoms with Crippen molar-refractivity contribution in [2.75, 3.05) is 0 Å². The van der Waals surface area contributed by atoms with Crippen LogP contribution in [0.5, 0.6) is 23.0 Å². The van der Waals surface area contributed by atoms with Crippen LogP contribution in [0.2, 0.25) is 0 Å². The second-order valence-electron chi connectivity index (χ2n) is 8.79. The minimum Gasteiger partial charge on any atom is -0.423 e. The fourth-order valence-electron chi connectivity index (χ4n) is 3.73. The van der Waals surface area contributed by atoms with Crippen LogP contribution in [0.3, 0.4) is 0 Å². The molecule has 0 N–H and O–H groups in total. The molecule has 0 atom stereocenters. The van der Waals surface area contributed by atoms with Crippen molar-refractivity contribution in [1.82, 2.24) is 0 Å². The molecule has 0 aromatic heterocycles. The molecule has 0 unspecified atom stereocenters. The molecule has 0 bridgehead atoms. The maximum atomic E-state index is 12.8. The molecule has 0 aliphatic rings. The predicted octanol–water partition coefficient (Wildman–Crippen LogP) is 6.56. The fourth-order valence-corrected chi connectivity index (χ4v) is 3.73. The second kappa shape index (κ2) is 12.9. The van der Waals surface area contributed by atoms with Gasteiger partial charge >= 0.3 is 23.9 Å². The van der Waals surface area contributed by atoms with Crippen molar-refractivity contribution in [3.8, 4) is 23.0 Å². The Morgan fingerprint density at radius 1 is 0.310 bits per heavy atom. The van der Waals surface area contributed by atoms with E-state index in [1.807, 2.05) is 0 Å². The van der Waals surface area contributed by atoms with Crippen LogP contribution >= 0.6 is 0 Å². The summed E-state index contributed by atoms with van der Waals surface area (Å²) in [6, 6.07) is 35.0. The summed E-state index contributed by atoms with van der Waals surface area (Å²) in [5.74, 6) is -1.87. The Morgan fingerprint density at radius 2 is 0.595 bits per heavy atom. The molecule has 5 aromatic rings. The third-order valence-corrected chi connectivity index (χ3v) is 5.87. The lowest BCUT2D eigenvalue weighted by Crippen LogP contribution is -2.13. The third kappa shape index (κ3) is 6.94. The van der Waals surface area contributed by atoms with Crippen LogP contribution in [0.1, 0.15) is 41.4 Å². The van der Waals surface area contributed by atoms with Crippen LogP contribution in [0.15, 0.2) is 133 Å². The molecular weight excluding hydrogens is 536 g/mol. The lowest BCUT2D eigenvalue weighted by Gasteiger charge is -2.11. The van der Waals surface area contributed by atoms with Gasteiger partial charge in [-0.15, -0.1) is 0 Å². The van der Waals surface area contributed by atoms with E-state index in [-0.39, 0.29) is 34.1 Å². The zero-order valence-electron chi connectivity index (χ0n) is 22.0. The van der Waals surface area contributed by atoms with E-state index in [1.165, 1.54) is 60.7 Å². The summed E-state index contributed by atoms with van der Waals surface area (Å²) >= 11 is 0. The average molecular weight is 559 g/mol. The quantitative estimate of drug-likeness (QED) is 0.156. The van der Waals surface area contributed by atoms with Crippen LogP contribution in [0, 0.1) is 0 Å². The number of para-hydroxylation sites is 2. The zero-order valence-corrected chi connectivity index (χ0v) is 22.0. The predicted molar refractivity (Wildman–Crippen MR) is 152 cm³/mol. The lowest BCUT2D eigenvalue weighted by atomic mass is 10.2. The summed E-state index contributed by atoms with van der Waals surface area (Å²) in [5, 5.41) is 0. The van der Waals surface area contributed by atoms with Gasteiger partial charge in [0.2, 0.25) is 0 Å². The first-order chi connectivity index (χ1) is 20.5. The highest BCUT2D eigenvalue weighted by atomic mass is 16.6. The number of benzene rings is 5. The van der Waals surface area contributed by atoms with E-state index in [0.29, 0.717) is 11.1 Å². The van der Waals surface area contributed by atoms with Gasteiger partial charge in [0.15, 0.2) is 11.5 Å². The monoisotopic (exact) mass is 558 g/mol. The molecule has 0 saturated carbocycles. The topological polar surface area (TPSA) is 105 Å². The highest BCUT2D eigenvalue weighted by molar-refractivity contribution is 5.94. The summed E-state index contributed by atoms with van der Waals surface area (Å²) in [6.45, 7) is 0. The summed E-state index contributed by atoms with van der Waals surface area (Å²) in [5.41, 5.74) is 1.18. The van der Waals surface area contributed by atoms with Crippen molar-refractivity contribution in [1.29, 1.82) is 0 Å². The largest absolute Gasteiger partial charge is 0.423 e. The summed E-state index contributed by atoms with van der Waals surface area (Å²) in [6.07, 6.45) is 0. The van der Waals surface area contributed by atoms with E-state index >= 15 is 0 Å². The number of hydrogen-bond donors (Lipinski definition) is 0. The van der Waals surface area contributed by atoms with Gasteiger partial charge in [0.1, 0.15) is 11.5 Å². The Kier molecular flexibility index (Phi) is 8.45. The number of ether oxygens (including phenoxy) is 4. The van der Waals surface area contributed by atoms with E-state index in [9.17, 15) is 19.2 Å². The molecule has 0 spiro atoms. The summed E-state index contributed by atoms with van der Waals surface area (Å²) in [7, 11) is 0. The Bertz CT molecular complexity index is 1580. The Hall–Kier alpha value is -6.02. The summed E-state index contributed by atoms with van der Waals surface area (Å²) < 4.78 is 21.6. The van der Waals surface area contributed by atoms with Gasteiger partial charge < -0.3 is 18.9 Å². The minimum absolute atomic E-state index is 0.0313. The number of rotatable bonds is 8. The molecule has 0 radical (unpaired) electrons. The standard InChI is InChI=1S/C34H22O8/c35-31(23-9-3-1-4-10-23)39-27-19-15-25(16-20-27)33(37)41-29-13-7-8-14-30(29)42-34(38)26-17-21-28(22-18-26)40-32(36)24-11-5-2-6-12-24/h1-22H. The van der Waals surface area contributed by atoms with Crippen LogP contribution in [-0.4, -0.2) is 23.9 Å². The van der Waals surface area contributed by atoms with Crippen LogP contribution in [-0.2, 0) is 0 Å². The second-order valence-corrected chi connectivity index (χ2v) is 8.79. The van der Waals surface area contributed by atoms with Gasteiger partial charge in [-0.05, 0) is 84.9 Å². The van der Waals surface area contributed by atoms with Gasteiger partial charge in [-0.1, -0.05) is 48.5 Å². The molecule has 0 fully saturated rings.